The molecule has 0 aliphatic carbocycles. The molecule has 0 aromatic rings. The van der Waals surface area contributed by atoms with Crippen LogP contribution in [-0.2, 0) is 4.79 Å². The van der Waals surface area contributed by atoms with Gasteiger partial charge >= 0.3 is 0 Å². The molecule has 0 radical (unpaired) electrons. The van der Waals surface area contributed by atoms with E-state index < -0.39 is 5.60 Å². The first kappa shape index (κ1) is 10.9. The van der Waals surface area contributed by atoms with Gasteiger partial charge in [0.15, 0.2) is 0 Å². The van der Waals surface area contributed by atoms with Crippen molar-refractivity contribution in [3.05, 3.63) is 0 Å². The van der Waals surface area contributed by atoms with Crippen LogP contribution < -0.4 is 5.32 Å². The van der Waals surface area contributed by atoms with Gasteiger partial charge in [0.05, 0.1) is 11.5 Å². The highest BCUT2D eigenvalue weighted by Gasteiger charge is 2.39. The first-order valence-corrected chi connectivity index (χ1v) is 5.74. The summed E-state index contributed by atoms with van der Waals surface area (Å²) in [6.07, 6.45) is 1.63. The number of amides is 1. The minimum absolute atomic E-state index is 0.110. The fraction of sp³-hybridized carbons (Fsp3) is 0.909. The smallest absolute Gasteiger partial charge is 0.227 e. The van der Waals surface area contributed by atoms with Crippen molar-refractivity contribution in [3.8, 4) is 0 Å². The van der Waals surface area contributed by atoms with Crippen molar-refractivity contribution >= 4 is 5.91 Å². The lowest BCUT2D eigenvalue weighted by Crippen LogP contribution is -2.40. The van der Waals surface area contributed by atoms with Gasteiger partial charge in [-0.25, -0.2) is 0 Å². The lowest BCUT2D eigenvalue weighted by Gasteiger charge is -2.23. The number of aliphatic hydroxyl groups is 1. The minimum Gasteiger partial charge on any atom is -0.388 e. The number of nitrogens with zero attached hydrogens (tertiary/aromatic N) is 1. The maximum atomic E-state index is 12.1. The maximum absolute atomic E-state index is 12.1. The summed E-state index contributed by atoms with van der Waals surface area (Å²) in [6.45, 7) is 5.99. The van der Waals surface area contributed by atoms with E-state index in [4.69, 9.17) is 0 Å². The number of nitrogens with one attached hydrogen (secondary N) is 1. The lowest BCUT2D eigenvalue weighted by molar-refractivity contribution is -0.135. The number of hydrogen-bond acceptors (Lipinski definition) is 3. The molecule has 2 aliphatic heterocycles. The molecule has 2 fully saturated rings. The van der Waals surface area contributed by atoms with Crippen molar-refractivity contribution in [2.75, 3.05) is 19.6 Å². The summed E-state index contributed by atoms with van der Waals surface area (Å²) in [4.78, 5) is 13.9. The fourth-order valence-electron chi connectivity index (χ4n) is 2.56. The van der Waals surface area contributed by atoms with E-state index in [2.05, 4.69) is 12.2 Å². The van der Waals surface area contributed by atoms with Gasteiger partial charge in [0.25, 0.3) is 0 Å². The fourth-order valence-corrected chi connectivity index (χ4v) is 2.56. The Morgan fingerprint density at radius 2 is 2.33 bits per heavy atom. The molecular weight excluding hydrogens is 192 g/mol. The minimum atomic E-state index is -0.676. The Morgan fingerprint density at radius 1 is 1.60 bits per heavy atom. The number of hydrogen-bond donors (Lipinski definition) is 2. The highest BCUT2D eigenvalue weighted by molar-refractivity contribution is 5.80. The molecule has 0 bridgehead atoms. The molecule has 15 heavy (non-hydrogen) atoms. The molecular formula is C11H20N2O2. The Bertz CT molecular complexity index is 265. The van der Waals surface area contributed by atoms with E-state index in [1.165, 1.54) is 0 Å². The van der Waals surface area contributed by atoms with Gasteiger partial charge in [-0.2, -0.15) is 0 Å². The molecule has 0 aromatic carbocycles. The van der Waals surface area contributed by atoms with Gasteiger partial charge in [-0.3, -0.25) is 4.79 Å². The zero-order chi connectivity index (χ0) is 11.1. The predicted octanol–water partition coefficient (Wildman–Crippen LogP) is -0.0323. The molecule has 86 valence electrons. The molecule has 4 nitrogen and oxygen atoms in total. The van der Waals surface area contributed by atoms with Gasteiger partial charge in [-0.1, -0.05) is 0 Å². The van der Waals surface area contributed by atoms with E-state index >= 15 is 0 Å². The number of likely N-dealkylation sites (tertiary alicyclic amines) is 1. The SMILES string of the molecule is CC1NCCC1C(=O)N1CCC(C)(O)C1. The molecule has 2 rings (SSSR count). The molecule has 2 saturated heterocycles. The monoisotopic (exact) mass is 212 g/mol. The first-order chi connectivity index (χ1) is 6.99. The van der Waals surface area contributed by atoms with E-state index in [-0.39, 0.29) is 17.9 Å². The molecule has 2 N–H and O–H groups in total. The normalized spacial score (nSPS) is 41.1. The number of rotatable bonds is 1. The quantitative estimate of drug-likeness (QED) is 0.641. The van der Waals surface area contributed by atoms with E-state index in [1.54, 1.807) is 6.92 Å². The van der Waals surface area contributed by atoms with Crippen molar-refractivity contribution in [1.82, 2.24) is 10.2 Å². The molecule has 2 heterocycles. The van der Waals surface area contributed by atoms with Crippen molar-refractivity contribution in [2.24, 2.45) is 5.92 Å². The summed E-state index contributed by atoms with van der Waals surface area (Å²) in [5.41, 5.74) is -0.676. The Balaban J connectivity index is 1.97. The second-order valence-electron chi connectivity index (χ2n) is 5.14. The van der Waals surface area contributed by atoms with Crippen LogP contribution in [0.4, 0.5) is 0 Å². The lowest BCUT2D eigenvalue weighted by atomic mass is 10.0. The van der Waals surface area contributed by atoms with Crippen LogP contribution in [0.2, 0.25) is 0 Å². The first-order valence-electron chi connectivity index (χ1n) is 5.74. The van der Waals surface area contributed by atoms with E-state index in [9.17, 15) is 9.90 Å². The second-order valence-corrected chi connectivity index (χ2v) is 5.14. The topological polar surface area (TPSA) is 52.6 Å². The van der Waals surface area contributed by atoms with Crippen LogP contribution in [0.1, 0.15) is 26.7 Å². The van der Waals surface area contributed by atoms with Crippen LogP contribution in [0.5, 0.6) is 0 Å². The molecule has 1 amide bonds. The number of β-amino-alcohol motifs (C(OH)–C–C–N with tert-alkyl or cyclic N) is 1. The molecule has 0 aromatic heterocycles. The zero-order valence-corrected chi connectivity index (χ0v) is 9.49. The average Bonchev–Trinajstić information content (AvgIpc) is 2.71. The predicted molar refractivity (Wildman–Crippen MR) is 57.4 cm³/mol. The standard InChI is InChI=1S/C11H20N2O2/c1-8-9(3-5-12-8)10(14)13-6-4-11(2,15)7-13/h8-9,12,15H,3-7H2,1-2H3. The van der Waals surface area contributed by atoms with Gasteiger partial charge in [0, 0.05) is 19.1 Å². The Labute approximate surface area is 90.6 Å². The van der Waals surface area contributed by atoms with Gasteiger partial charge < -0.3 is 15.3 Å². The average molecular weight is 212 g/mol. The summed E-state index contributed by atoms with van der Waals surface area (Å²) in [5.74, 6) is 0.323. The van der Waals surface area contributed by atoms with Crippen LogP contribution in [0.15, 0.2) is 0 Å². The number of carbonyl (C=O) groups excluding carboxylic acids is 1. The third kappa shape index (κ3) is 2.16. The molecule has 4 heteroatoms. The van der Waals surface area contributed by atoms with Gasteiger partial charge in [0.2, 0.25) is 5.91 Å². The summed E-state index contributed by atoms with van der Waals surface area (Å²) < 4.78 is 0. The van der Waals surface area contributed by atoms with Gasteiger partial charge in [0.1, 0.15) is 0 Å². The summed E-state index contributed by atoms with van der Waals surface area (Å²) in [7, 11) is 0. The van der Waals surface area contributed by atoms with Crippen LogP contribution in [0.25, 0.3) is 0 Å². The van der Waals surface area contributed by atoms with Gasteiger partial charge in [-0.05, 0) is 33.2 Å². The van der Waals surface area contributed by atoms with Crippen molar-refractivity contribution < 1.29 is 9.90 Å². The van der Waals surface area contributed by atoms with Crippen molar-refractivity contribution in [1.29, 1.82) is 0 Å². The van der Waals surface area contributed by atoms with E-state index in [0.29, 0.717) is 19.5 Å². The third-order valence-corrected chi connectivity index (χ3v) is 3.61. The summed E-state index contributed by atoms with van der Waals surface area (Å²) in [6, 6.07) is 0.281. The number of carbonyl (C=O) groups is 1. The van der Waals surface area contributed by atoms with Crippen LogP contribution in [0.3, 0.4) is 0 Å². The maximum Gasteiger partial charge on any atom is 0.227 e. The molecule has 3 atom stereocenters. The Hall–Kier alpha value is -0.610. The second kappa shape index (κ2) is 3.76. The summed E-state index contributed by atoms with van der Waals surface area (Å²) in [5, 5.41) is 13.1. The summed E-state index contributed by atoms with van der Waals surface area (Å²) >= 11 is 0. The molecule has 2 aliphatic rings. The largest absolute Gasteiger partial charge is 0.388 e. The molecule has 0 saturated carbocycles. The van der Waals surface area contributed by atoms with E-state index in [0.717, 1.165) is 13.0 Å². The van der Waals surface area contributed by atoms with Crippen molar-refractivity contribution in [2.45, 2.75) is 38.3 Å². The van der Waals surface area contributed by atoms with Crippen LogP contribution >= 0.6 is 0 Å². The molecule has 0 spiro atoms. The Kier molecular flexibility index (Phi) is 2.73. The Morgan fingerprint density at radius 3 is 2.80 bits per heavy atom. The zero-order valence-electron chi connectivity index (χ0n) is 9.49. The van der Waals surface area contributed by atoms with Crippen LogP contribution in [-0.4, -0.2) is 47.2 Å². The highest BCUT2D eigenvalue weighted by atomic mass is 16.3. The van der Waals surface area contributed by atoms with Crippen molar-refractivity contribution in [3.63, 3.8) is 0 Å². The molecule has 3 unspecified atom stereocenters. The highest BCUT2D eigenvalue weighted by Crippen LogP contribution is 2.25. The van der Waals surface area contributed by atoms with Crippen LogP contribution in [0, 0.1) is 5.92 Å². The van der Waals surface area contributed by atoms with E-state index in [1.807, 2.05) is 4.90 Å². The van der Waals surface area contributed by atoms with Gasteiger partial charge in [-0.15, -0.1) is 0 Å². The third-order valence-electron chi connectivity index (χ3n) is 3.61.